The molecule has 0 bridgehead atoms. The van der Waals surface area contributed by atoms with Crippen molar-refractivity contribution in [3.63, 3.8) is 0 Å². The predicted molar refractivity (Wildman–Crippen MR) is 46.8 cm³/mol. The number of rotatable bonds is 2. The molecule has 0 saturated heterocycles. The molecule has 0 N–H and O–H groups in total. The molecule has 0 saturated carbocycles. The van der Waals surface area contributed by atoms with Crippen molar-refractivity contribution in [1.29, 1.82) is 0 Å². The quantitative estimate of drug-likeness (QED) is 0.625. The number of hydrogen-bond donors (Lipinski definition) is 0. The van der Waals surface area contributed by atoms with Crippen molar-refractivity contribution >= 4 is 24.5 Å². The summed E-state index contributed by atoms with van der Waals surface area (Å²) in [5.41, 5.74) is 0. The first-order valence-corrected chi connectivity index (χ1v) is 4.89. The fraction of sp³-hybridized carbons (Fsp3) is 0.143. The van der Waals surface area contributed by atoms with Crippen LogP contribution in [0.1, 0.15) is 0 Å². The third-order valence-corrected chi connectivity index (χ3v) is 2.44. The lowest BCUT2D eigenvalue weighted by Gasteiger charge is -2.02. The van der Waals surface area contributed by atoms with Gasteiger partial charge in [0.2, 0.25) is 0 Å². The Morgan fingerprint density at radius 2 is 2.10 bits per heavy atom. The number of benzene rings is 1. The van der Waals surface area contributed by atoms with Gasteiger partial charge < -0.3 is 4.74 Å². The Kier molecular flexibility index (Phi) is 2.98. The molecule has 1 aromatic carbocycles. The third kappa shape index (κ3) is 1.62. The molecule has 1 atom stereocenters. The van der Waals surface area contributed by atoms with Gasteiger partial charge in [-0.15, -0.1) is 0 Å². The fourth-order valence-electron chi connectivity index (χ4n) is 0.723. The van der Waals surface area contributed by atoms with E-state index in [9.17, 15) is 0 Å². The third-order valence-electron chi connectivity index (χ3n) is 1.21. The highest BCUT2D eigenvalue weighted by Crippen LogP contribution is 2.21. The molecule has 1 rings (SSSR count). The molecule has 0 radical (unpaired) electrons. The van der Waals surface area contributed by atoms with Gasteiger partial charge >= 0.3 is 0 Å². The zero-order valence-corrected chi connectivity index (χ0v) is 7.35. The van der Waals surface area contributed by atoms with Gasteiger partial charge in [0.25, 0.3) is 0 Å². The van der Waals surface area contributed by atoms with Crippen LogP contribution < -0.4 is 10.0 Å². The van der Waals surface area contributed by atoms with Gasteiger partial charge in [0.05, 0.1) is 7.11 Å². The Labute approximate surface area is 66.9 Å². The van der Waals surface area contributed by atoms with Gasteiger partial charge in [0, 0.05) is 13.2 Å². The lowest BCUT2D eigenvalue weighted by Crippen LogP contribution is -1.97. The second-order valence-electron chi connectivity index (χ2n) is 1.79. The normalized spacial score (nSPS) is 10.6. The minimum Gasteiger partial charge on any atom is -0.496 e. The maximum atomic E-state index is 5.66. The molecule has 0 aromatic heterocycles. The lowest BCUT2D eigenvalue weighted by atomic mass is 10.3. The summed E-state index contributed by atoms with van der Waals surface area (Å²) in [5, 5.41) is 1.06. The van der Waals surface area contributed by atoms with Crippen LogP contribution in [0.5, 0.6) is 5.75 Å². The second kappa shape index (κ2) is 3.80. The Hall–Kier alpha value is -0.260. The van der Waals surface area contributed by atoms with Crippen molar-refractivity contribution in [3.8, 4) is 5.75 Å². The van der Waals surface area contributed by atoms with Crippen LogP contribution in [0.2, 0.25) is 0 Å². The van der Waals surface area contributed by atoms with Crippen LogP contribution in [0.25, 0.3) is 0 Å². The summed E-state index contributed by atoms with van der Waals surface area (Å²) in [4.78, 5) is 0. The number of ether oxygens (including phenoxy) is 1. The fourth-order valence-corrected chi connectivity index (χ4v) is 1.63. The SMILES string of the molecule is COc1ccccc1PCl. The van der Waals surface area contributed by atoms with Crippen LogP contribution >= 0.6 is 19.2 Å². The van der Waals surface area contributed by atoms with E-state index >= 15 is 0 Å². The van der Waals surface area contributed by atoms with Crippen LogP contribution in [0, 0.1) is 0 Å². The maximum Gasteiger partial charge on any atom is 0.127 e. The van der Waals surface area contributed by atoms with E-state index < -0.39 is 0 Å². The van der Waals surface area contributed by atoms with Crippen molar-refractivity contribution < 1.29 is 4.74 Å². The largest absolute Gasteiger partial charge is 0.496 e. The molecule has 0 amide bonds. The second-order valence-corrected chi connectivity index (χ2v) is 3.09. The number of hydrogen-bond acceptors (Lipinski definition) is 1. The molecule has 3 heteroatoms. The van der Waals surface area contributed by atoms with Crippen molar-refractivity contribution in [1.82, 2.24) is 0 Å². The van der Waals surface area contributed by atoms with Crippen LogP contribution in [0.3, 0.4) is 0 Å². The molecule has 1 nitrogen and oxygen atoms in total. The lowest BCUT2D eigenvalue weighted by molar-refractivity contribution is 0.418. The Balaban J connectivity index is 2.96. The van der Waals surface area contributed by atoms with Crippen molar-refractivity contribution in [2.75, 3.05) is 7.11 Å². The Morgan fingerprint density at radius 3 is 2.60 bits per heavy atom. The summed E-state index contributed by atoms with van der Waals surface area (Å²) in [5.74, 6) is 0.871. The molecule has 0 heterocycles. The highest BCUT2D eigenvalue weighted by molar-refractivity contribution is 7.75. The molecule has 10 heavy (non-hydrogen) atoms. The van der Waals surface area contributed by atoms with Crippen LogP contribution in [0.15, 0.2) is 24.3 Å². The summed E-state index contributed by atoms with van der Waals surface area (Å²) < 4.78 is 5.06. The van der Waals surface area contributed by atoms with E-state index in [-0.39, 0.29) is 7.93 Å². The summed E-state index contributed by atoms with van der Waals surface area (Å²) in [7, 11) is 1.93. The molecule has 0 aliphatic heterocycles. The molecule has 54 valence electrons. The molecule has 0 aliphatic carbocycles. The zero-order chi connectivity index (χ0) is 7.40. The minimum atomic E-state index is 0.283. The van der Waals surface area contributed by atoms with Gasteiger partial charge in [-0.1, -0.05) is 23.4 Å². The van der Waals surface area contributed by atoms with Crippen LogP contribution in [-0.4, -0.2) is 7.11 Å². The highest BCUT2D eigenvalue weighted by atomic mass is 35.7. The van der Waals surface area contributed by atoms with E-state index in [1.165, 1.54) is 0 Å². The Bertz CT molecular complexity index is 192. The van der Waals surface area contributed by atoms with E-state index in [1.54, 1.807) is 7.11 Å². The van der Waals surface area contributed by atoms with E-state index in [0.717, 1.165) is 11.1 Å². The summed E-state index contributed by atoms with van der Waals surface area (Å²) in [6.45, 7) is 0. The Morgan fingerprint density at radius 1 is 1.40 bits per heavy atom. The monoisotopic (exact) mass is 174 g/mol. The van der Waals surface area contributed by atoms with E-state index in [2.05, 4.69) is 0 Å². The number of para-hydroxylation sites is 1. The molecule has 0 aliphatic rings. The smallest absolute Gasteiger partial charge is 0.127 e. The summed E-state index contributed by atoms with van der Waals surface area (Å²) >= 11 is 5.66. The van der Waals surface area contributed by atoms with Gasteiger partial charge in [-0.05, 0) is 12.1 Å². The minimum absolute atomic E-state index is 0.283. The van der Waals surface area contributed by atoms with E-state index in [0.29, 0.717) is 0 Å². The molecule has 0 spiro atoms. The average molecular weight is 175 g/mol. The topological polar surface area (TPSA) is 9.23 Å². The first-order valence-electron chi connectivity index (χ1n) is 2.88. The molecule has 1 unspecified atom stereocenters. The summed E-state index contributed by atoms with van der Waals surface area (Å²) in [6, 6.07) is 7.75. The molecular weight excluding hydrogens is 167 g/mol. The first-order chi connectivity index (χ1) is 4.88. The van der Waals surface area contributed by atoms with E-state index in [4.69, 9.17) is 16.0 Å². The molecule has 0 fully saturated rings. The van der Waals surface area contributed by atoms with Gasteiger partial charge in [0.1, 0.15) is 5.75 Å². The standard InChI is InChI=1S/C7H8ClOP/c1-9-6-4-2-3-5-7(6)10-8/h2-5,10H,1H3. The van der Waals surface area contributed by atoms with Crippen molar-refractivity contribution in [2.24, 2.45) is 0 Å². The van der Waals surface area contributed by atoms with Crippen molar-refractivity contribution in [3.05, 3.63) is 24.3 Å². The van der Waals surface area contributed by atoms with Crippen molar-refractivity contribution in [2.45, 2.75) is 0 Å². The maximum absolute atomic E-state index is 5.66. The molecular formula is C7H8ClOP. The number of halogens is 1. The zero-order valence-electron chi connectivity index (χ0n) is 5.60. The number of methoxy groups -OCH3 is 1. The molecule has 1 aromatic rings. The van der Waals surface area contributed by atoms with Gasteiger partial charge in [0.15, 0.2) is 0 Å². The van der Waals surface area contributed by atoms with E-state index in [1.807, 2.05) is 24.3 Å². The highest BCUT2D eigenvalue weighted by Gasteiger charge is 1.97. The predicted octanol–water partition coefficient (Wildman–Crippen LogP) is 2.15. The van der Waals surface area contributed by atoms with Gasteiger partial charge in [-0.25, -0.2) is 0 Å². The van der Waals surface area contributed by atoms with Gasteiger partial charge in [-0.3, -0.25) is 0 Å². The van der Waals surface area contributed by atoms with Crippen LogP contribution in [-0.2, 0) is 0 Å². The average Bonchev–Trinajstić information content (AvgIpc) is 2.04. The summed E-state index contributed by atoms with van der Waals surface area (Å²) in [6.07, 6.45) is 0. The van der Waals surface area contributed by atoms with Crippen LogP contribution in [0.4, 0.5) is 0 Å². The van der Waals surface area contributed by atoms with Gasteiger partial charge in [-0.2, -0.15) is 0 Å². The first kappa shape index (κ1) is 7.84.